The molecule has 0 saturated carbocycles. The first-order valence-electron chi connectivity index (χ1n) is 26.9. The van der Waals surface area contributed by atoms with Gasteiger partial charge >= 0.3 is 71.6 Å². The zero-order chi connectivity index (χ0) is 64.1. The Labute approximate surface area is 492 Å². The molecule has 0 N–H and O–H groups in total. The number of esters is 12. The highest BCUT2D eigenvalue weighted by atomic mass is 28.4. The van der Waals surface area contributed by atoms with E-state index in [1.54, 1.807) is 30.3 Å². The minimum absolute atomic E-state index is 0.0756. The molecule has 0 aliphatic carbocycles. The van der Waals surface area contributed by atoms with Gasteiger partial charge in [0.05, 0.1) is 0 Å². The monoisotopic (exact) mass is 1210 g/mol. The molecule has 3 aromatic carbocycles. The molecule has 0 saturated heterocycles. The average molecular weight is 1210 g/mol. The maximum atomic E-state index is 13.5. The van der Waals surface area contributed by atoms with E-state index in [1.165, 1.54) is 20.8 Å². The Morgan fingerprint density at radius 3 is 0.694 bits per heavy atom. The first kappa shape index (κ1) is 70.7. The minimum Gasteiger partial charge on any atom is -0.458 e. The van der Waals surface area contributed by atoms with Crippen LogP contribution in [0.1, 0.15) is 109 Å². The van der Waals surface area contributed by atoms with Crippen LogP contribution in [-0.2, 0) is 125 Å². The predicted octanol–water partition coefficient (Wildman–Crippen LogP) is 3.94. The highest BCUT2D eigenvalue weighted by Gasteiger charge is 2.52. The molecule has 12 atom stereocenters. The van der Waals surface area contributed by atoms with Crippen LogP contribution in [0.2, 0.25) is 5.04 Å². The topological polar surface area (TPSA) is 325 Å². The molecule has 0 aliphatic heterocycles. The maximum Gasteiger partial charge on any atom is 0.347 e. The molecule has 0 aromatic heterocycles. The van der Waals surface area contributed by atoms with Gasteiger partial charge in [-0.15, -0.1) is 0 Å². The van der Waals surface area contributed by atoms with Crippen molar-refractivity contribution in [1.82, 2.24) is 0 Å². The Hall–Kier alpha value is -8.52. The van der Waals surface area contributed by atoms with Crippen LogP contribution in [0.25, 0.3) is 0 Å². The van der Waals surface area contributed by atoms with Gasteiger partial charge in [-0.05, 0) is 104 Å². The molecule has 3 rings (SSSR count). The lowest BCUT2D eigenvalue weighted by atomic mass is 10.2. The average Bonchev–Trinajstić information content (AvgIpc) is 1.73. The first-order valence-corrected chi connectivity index (χ1v) is 28.9. The summed E-state index contributed by atoms with van der Waals surface area (Å²) in [6, 6.07) is 27.8. The number of hydrogen-bond acceptors (Lipinski definition) is 25. The molecular formula is C59H74O25Si. The maximum absolute atomic E-state index is 13.5. The Kier molecular flexibility index (Phi) is 27.1. The standard InChI is InChI=1S/C59H74O25Si/c1-32(47(60)72-31-44-25-19-16-20-26-44)73-48(61)33(2)74-49(62)34(3)75-50(63)35(4)76-51(64)36(5)77-52(65)37(6)78-53(66)38(7)79-54(67)39(8)80-55(68)40(9)81-56(69)41(10)82-57(70)42(11)83-58(71)43(12)84-85(59(13,14)15,45-27-21-17-22-28-45)46-29-23-18-24-30-46/h16-30,32-43H,31H2,1-15H3/t32-,33-,34-,35-,36-,37-,38-,39-,40-,41-,42-,43-/m0/s1. The van der Waals surface area contributed by atoms with Crippen LogP contribution in [0.15, 0.2) is 91.0 Å². The van der Waals surface area contributed by atoms with Crippen molar-refractivity contribution < 1.29 is 119 Å². The van der Waals surface area contributed by atoms with E-state index in [1.807, 2.05) is 81.4 Å². The van der Waals surface area contributed by atoms with Gasteiger partial charge in [0.2, 0.25) is 0 Å². The van der Waals surface area contributed by atoms with Gasteiger partial charge in [-0.2, -0.15) is 0 Å². The molecular weight excluding hydrogens is 1140 g/mol. The number of hydrogen-bond donors (Lipinski definition) is 0. The van der Waals surface area contributed by atoms with Crippen LogP contribution in [-0.4, -0.2) is 153 Å². The largest absolute Gasteiger partial charge is 0.458 e. The fourth-order valence-corrected chi connectivity index (χ4v) is 12.0. The Morgan fingerprint density at radius 2 is 0.482 bits per heavy atom. The van der Waals surface area contributed by atoms with E-state index in [9.17, 15) is 57.5 Å². The summed E-state index contributed by atoms with van der Waals surface area (Å²) in [7, 11) is -3.20. The molecule has 0 amide bonds. The van der Waals surface area contributed by atoms with Crippen molar-refractivity contribution in [2.45, 2.75) is 189 Å². The van der Waals surface area contributed by atoms with E-state index >= 15 is 0 Å². The van der Waals surface area contributed by atoms with Crippen molar-refractivity contribution in [3.8, 4) is 0 Å². The van der Waals surface area contributed by atoms with Crippen molar-refractivity contribution in [2.24, 2.45) is 0 Å². The number of carbonyl (C=O) groups is 12. The van der Waals surface area contributed by atoms with E-state index in [0.29, 0.717) is 5.56 Å². The molecule has 0 radical (unpaired) electrons. The number of ether oxygens (including phenoxy) is 12. The second-order valence-corrected chi connectivity index (χ2v) is 24.6. The van der Waals surface area contributed by atoms with Crippen LogP contribution in [0.3, 0.4) is 0 Å². The quantitative estimate of drug-likeness (QED) is 0.0539. The van der Waals surface area contributed by atoms with Crippen molar-refractivity contribution in [1.29, 1.82) is 0 Å². The minimum atomic E-state index is -3.20. The lowest BCUT2D eigenvalue weighted by molar-refractivity contribution is -0.190. The summed E-state index contributed by atoms with van der Waals surface area (Å²) in [6.45, 7) is 19.8. The third-order valence-corrected chi connectivity index (χ3v) is 17.3. The fourth-order valence-electron chi connectivity index (χ4n) is 7.35. The molecule has 3 aromatic rings. The van der Waals surface area contributed by atoms with Gasteiger partial charge in [-0.1, -0.05) is 112 Å². The summed E-state index contributed by atoms with van der Waals surface area (Å²) in [4.78, 5) is 153. The third-order valence-electron chi connectivity index (χ3n) is 12.2. The van der Waals surface area contributed by atoms with Crippen molar-refractivity contribution in [3.63, 3.8) is 0 Å². The second-order valence-electron chi connectivity index (χ2n) is 20.4. The highest BCUT2D eigenvalue weighted by Crippen LogP contribution is 2.37. The zero-order valence-corrected chi connectivity index (χ0v) is 51.0. The normalized spacial score (nSPS) is 15.6. The van der Waals surface area contributed by atoms with Gasteiger partial charge in [0.15, 0.2) is 67.1 Å². The van der Waals surface area contributed by atoms with E-state index < -0.39 is 158 Å². The van der Waals surface area contributed by atoms with Gasteiger partial charge in [0, 0.05) is 0 Å². The summed E-state index contributed by atoms with van der Waals surface area (Å²) in [5, 5.41) is 1.33. The summed E-state index contributed by atoms with van der Waals surface area (Å²) in [5.41, 5.74) is 0.694. The SMILES string of the molecule is C[C@H](OC(=O)[C@H](C)OC(=O)[C@H](C)OC(=O)[C@H](C)OC(=O)[C@H](C)OC(=O)[C@H](C)OC(=O)[C@H](C)OC(=O)[C@H](C)OC(=O)[C@H](C)OC(=O)[C@H](C)OC(=O)[C@H](C)OC(=O)[C@H](C)O[Si](c1ccccc1)(c1ccccc1)C(C)(C)C)C(=O)OCc1ccccc1. The zero-order valence-electron chi connectivity index (χ0n) is 50.0. The molecule has 0 unspecified atom stereocenters. The van der Waals surface area contributed by atoms with Gasteiger partial charge in [-0.25, -0.2) is 57.5 Å². The van der Waals surface area contributed by atoms with E-state index in [-0.39, 0.29) is 6.61 Å². The Morgan fingerprint density at radius 1 is 0.294 bits per heavy atom. The van der Waals surface area contributed by atoms with Crippen molar-refractivity contribution in [3.05, 3.63) is 96.6 Å². The van der Waals surface area contributed by atoms with Crippen molar-refractivity contribution >= 4 is 90.3 Å². The summed E-state index contributed by atoms with van der Waals surface area (Å²) in [6.07, 6.45) is -19.1. The van der Waals surface area contributed by atoms with E-state index in [2.05, 4.69) is 0 Å². The van der Waals surface area contributed by atoms with E-state index in [0.717, 1.165) is 72.7 Å². The smallest absolute Gasteiger partial charge is 0.347 e. The fraction of sp³-hybridized carbons (Fsp3) is 0.492. The molecule has 85 heavy (non-hydrogen) atoms. The molecule has 464 valence electrons. The summed E-state index contributed by atoms with van der Waals surface area (Å²) in [5.74, 6) is -14.0. The lowest BCUT2D eigenvalue weighted by Gasteiger charge is -2.44. The van der Waals surface area contributed by atoms with Gasteiger partial charge in [-0.3, -0.25) is 0 Å². The highest BCUT2D eigenvalue weighted by molar-refractivity contribution is 6.99. The third kappa shape index (κ3) is 21.3. The lowest BCUT2D eigenvalue weighted by Crippen LogP contribution is -2.68. The van der Waals surface area contributed by atoms with E-state index in [4.69, 9.17) is 61.3 Å². The Bertz CT molecular complexity index is 2780. The second kappa shape index (κ2) is 32.5. The number of carbonyl (C=O) groups excluding carboxylic acids is 12. The van der Waals surface area contributed by atoms with Crippen LogP contribution >= 0.6 is 0 Å². The van der Waals surface area contributed by atoms with Gasteiger partial charge < -0.3 is 61.3 Å². The summed E-state index contributed by atoms with van der Waals surface area (Å²) >= 11 is 0. The Balaban J connectivity index is 1.40. The molecule has 0 aliphatic rings. The first-order chi connectivity index (χ1) is 39.7. The van der Waals surface area contributed by atoms with Crippen LogP contribution < -0.4 is 10.4 Å². The molecule has 25 nitrogen and oxygen atoms in total. The molecule has 0 spiro atoms. The number of benzene rings is 3. The van der Waals surface area contributed by atoms with Crippen LogP contribution in [0, 0.1) is 0 Å². The summed E-state index contributed by atoms with van der Waals surface area (Å²) < 4.78 is 67.5. The molecule has 0 fully saturated rings. The molecule has 0 heterocycles. The molecule has 0 bridgehead atoms. The van der Waals surface area contributed by atoms with Crippen LogP contribution in [0.5, 0.6) is 0 Å². The van der Waals surface area contributed by atoms with Gasteiger partial charge in [0.1, 0.15) is 12.7 Å². The van der Waals surface area contributed by atoms with Crippen molar-refractivity contribution in [2.75, 3.05) is 0 Å². The van der Waals surface area contributed by atoms with Gasteiger partial charge in [0.25, 0.3) is 8.32 Å². The number of rotatable bonds is 29. The molecule has 26 heteroatoms. The van der Waals surface area contributed by atoms with Crippen LogP contribution in [0.4, 0.5) is 0 Å². The predicted molar refractivity (Wildman–Crippen MR) is 296 cm³/mol.